The molecular weight excluding hydrogens is 1340 g/mol. The van der Waals surface area contributed by atoms with Gasteiger partial charge >= 0.3 is 39.5 Å². The van der Waals surface area contributed by atoms with E-state index in [4.69, 9.17) is 37.0 Å². The number of hydrogen-bond donors (Lipinski definition) is 3. The Morgan fingerprint density at radius 2 is 0.466 bits per heavy atom. The molecule has 0 heterocycles. The molecule has 0 amide bonds. The lowest BCUT2D eigenvalue weighted by Gasteiger charge is -2.21. The van der Waals surface area contributed by atoms with E-state index in [9.17, 15) is 43.2 Å². The van der Waals surface area contributed by atoms with E-state index < -0.39 is 97.5 Å². The van der Waals surface area contributed by atoms with Crippen molar-refractivity contribution >= 4 is 39.5 Å². The second kappa shape index (κ2) is 74.2. The largest absolute Gasteiger partial charge is 0.472 e. The fourth-order valence-corrected chi connectivity index (χ4v) is 14.5. The number of carbonyl (C=O) groups excluding carboxylic acids is 4. The van der Waals surface area contributed by atoms with Crippen molar-refractivity contribution in [2.75, 3.05) is 39.6 Å². The topological polar surface area (TPSA) is 237 Å². The predicted molar refractivity (Wildman–Crippen MR) is 423 cm³/mol. The Hall–Kier alpha value is -1.94. The zero-order chi connectivity index (χ0) is 75.8. The van der Waals surface area contributed by atoms with Gasteiger partial charge in [0.2, 0.25) is 0 Å². The molecule has 0 aromatic carbocycles. The summed E-state index contributed by atoms with van der Waals surface area (Å²) in [6.45, 7) is 12.0. The summed E-state index contributed by atoms with van der Waals surface area (Å²) < 4.78 is 68.8. The molecule has 0 bridgehead atoms. The van der Waals surface area contributed by atoms with Crippen molar-refractivity contribution in [2.24, 2.45) is 17.8 Å². The highest BCUT2D eigenvalue weighted by Crippen LogP contribution is 2.45. The Kier molecular flexibility index (Phi) is 72.8. The normalized spacial score (nSPS) is 14.7. The minimum atomic E-state index is -4.96. The highest BCUT2D eigenvalue weighted by atomic mass is 31.2. The third kappa shape index (κ3) is 74.0. The fraction of sp³-hybridized carbons (Fsp3) is 0.952. The van der Waals surface area contributed by atoms with Crippen LogP contribution in [0.5, 0.6) is 0 Å². The maximum atomic E-state index is 13.1. The Morgan fingerprint density at radius 3 is 0.689 bits per heavy atom. The van der Waals surface area contributed by atoms with Crippen LogP contribution in [0, 0.1) is 17.8 Å². The van der Waals surface area contributed by atoms with Gasteiger partial charge in [0.1, 0.15) is 19.3 Å². The first kappa shape index (κ1) is 101. The maximum absolute atomic E-state index is 13.1. The van der Waals surface area contributed by atoms with Crippen molar-refractivity contribution in [1.82, 2.24) is 0 Å². The molecule has 0 saturated heterocycles. The molecule has 0 radical (unpaired) electrons. The number of rotatable bonds is 82. The van der Waals surface area contributed by atoms with Gasteiger partial charge in [0.15, 0.2) is 12.2 Å². The quantitative estimate of drug-likeness (QED) is 0.0222. The van der Waals surface area contributed by atoms with Gasteiger partial charge in [-0.15, -0.1) is 0 Å². The lowest BCUT2D eigenvalue weighted by molar-refractivity contribution is -0.161. The summed E-state index contributed by atoms with van der Waals surface area (Å²) in [5.74, 6) is 0.296. The number of esters is 4. The summed E-state index contributed by atoms with van der Waals surface area (Å²) in [6.07, 6.45) is 63.8. The molecule has 0 spiro atoms. The summed E-state index contributed by atoms with van der Waals surface area (Å²) in [6, 6.07) is 0. The van der Waals surface area contributed by atoms with E-state index >= 15 is 0 Å². The van der Waals surface area contributed by atoms with Crippen molar-refractivity contribution in [3.8, 4) is 0 Å². The zero-order valence-corrected chi connectivity index (χ0v) is 69.6. The second-order valence-corrected chi connectivity index (χ2v) is 33.9. The number of carbonyl (C=O) groups is 4. The molecule has 5 unspecified atom stereocenters. The second-order valence-electron chi connectivity index (χ2n) is 30.9. The number of aliphatic hydroxyl groups is 1. The van der Waals surface area contributed by atoms with Gasteiger partial charge in [0, 0.05) is 25.7 Å². The molecule has 8 atom stereocenters. The van der Waals surface area contributed by atoms with Crippen molar-refractivity contribution < 1.29 is 80.2 Å². The number of ether oxygens (including phenoxy) is 4. The van der Waals surface area contributed by atoms with Crippen LogP contribution in [0.25, 0.3) is 0 Å². The van der Waals surface area contributed by atoms with Crippen LogP contribution in [0.3, 0.4) is 0 Å². The van der Waals surface area contributed by atoms with Crippen LogP contribution in [0.2, 0.25) is 0 Å². The standard InChI is InChI=1S/C84H164O17P2/c1-8-12-13-14-15-16-17-18-19-22-26-29-32-38-43-51-58-65-81(86)94-71-79(100-83(88)67-60-53-44-39-33-30-27-24-21-20-23-25-28-31-36-41-48-55-62-75(5)9-2)73-98-102(90,91)96-69-78(85)70-97-103(92,93)99-74-80(72-95-82(87)66-59-52-47-46-50-57-64-77(7)11-4)101-84(89)68-61-54-45-40-35-34-37-42-49-56-63-76(6)10-3/h75-80,85H,8-74H2,1-7H3,(H,90,91)(H,92,93)/t75?,76?,77?,78-,79-,80-/m1/s1. The minimum absolute atomic E-state index is 0.105. The van der Waals surface area contributed by atoms with Gasteiger partial charge in [-0.3, -0.25) is 37.3 Å². The molecule has 0 fully saturated rings. The molecule has 0 rings (SSSR count). The first-order chi connectivity index (χ1) is 49.8. The van der Waals surface area contributed by atoms with Crippen LogP contribution in [0.4, 0.5) is 0 Å². The van der Waals surface area contributed by atoms with Crippen LogP contribution in [0.15, 0.2) is 0 Å². The Morgan fingerprint density at radius 1 is 0.272 bits per heavy atom. The lowest BCUT2D eigenvalue weighted by Crippen LogP contribution is -2.30. The summed E-state index contributed by atoms with van der Waals surface area (Å²) in [5, 5.41) is 10.7. The molecule has 0 saturated carbocycles. The molecule has 0 aromatic heterocycles. The highest BCUT2D eigenvalue weighted by molar-refractivity contribution is 7.47. The first-order valence-electron chi connectivity index (χ1n) is 43.5. The van der Waals surface area contributed by atoms with E-state index in [0.29, 0.717) is 25.7 Å². The third-order valence-electron chi connectivity index (χ3n) is 20.7. The van der Waals surface area contributed by atoms with Crippen molar-refractivity contribution in [2.45, 2.75) is 458 Å². The van der Waals surface area contributed by atoms with Gasteiger partial charge in [-0.05, 0) is 43.4 Å². The van der Waals surface area contributed by atoms with E-state index in [-0.39, 0.29) is 25.7 Å². The lowest BCUT2D eigenvalue weighted by atomic mass is 9.99. The molecular formula is C84H164O17P2. The maximum Gasteiger partial charge on any atom is 0.472 e. The predicted octanol–water partition coefficient (Wildman–Crippen LogP) is 25.3. The molecule has 0 aliphatic heterocycles. The smallest absolute Gasteiger partial charge is 0.462 e. The van der Waals surface area contributed by atoms with Crippen LogP contribution in [0.1, 0.15) is 440 Å². The number of aliphatic hydroxyl groups excluding tert-OH is 1. The van der Waals surface area contributed by atoms with Gasteiger partial charge < -0.3 is 33.8 Å². The molecule has 612 valence electrons. The monoisotopic (exact) mass is 1510 g/mol. The number of phosphoric ester groups is 2. The van der Waals surface area contributed by atoms with Crippen LogP contribution < -0.4 is 0 Å². The van der Waals surface area contributed by atoms with Crippen molar-refractivity contribution in [3.63, 3.8) is 0 Å². The molecule has 17 nitrogen and oxygen atoms in total. The van der Waals surface area contributed by atoms with Crippen molar-refractivity contribution in [3.05, 3.63) is 0 Å². The minimum Gasteiger partial charge on any atom is -0.462 e. The van der Waals surface area contributed by atoms with E-state index in [1.807, 2.05) is 0 Å². The molecule has 0 aromatic rings. The van der Waals surface area contributed by atoms with E-state index in [2.05, 4.69) is 48.5 Å². The average molecular weight is 1510 g/mol. The van der Waals surface area contributed by atoms with E-state index in [0.717, 1.165) is 114 Å². The molecule has 19 heteroatoms. The van der Waals surface area contributed by atoms with Gasteiger partial charge in [-0.2, -0.15) is 0 Å². The van der Waals surface area contributed by atoms with Gasteiger partial charge in [0.25, 0.3) is 0 Å². The zero-order valence-electron chi connectivity index (χ0n) is 67.8. The average Bonchev–Trinajstić information content (AvgIpc) is 0.924. The van der Waals surface area contributed by atoms with Crippen LogP contribution in [-0.2, 0) is 65.4 Å². The Labute approximate surface area is 632 Å². The van der Waals surface area contributed by atoms with E-state index in [1.165, 1.54) is 244 Å². The van der Waals surface area contributed by atoms with Crippen molar-refractivity contribution in [1.29, 1.82) is 0 Å². The third-order valence-corrected chi connectivity index (χ3v) is 22.6. The Bertz CT molecular complexity index is 2000. The summed E-state index contributed by atoms with van der Waals surface area (Å²) in [4.78, 5) is 73.1. The molecule has 0 aliphatic carbocycles. The van der Waals surface area contributed by atoms with Crippen LogP contribution in [-0.4, -0.2) is 96.7 Å². The number of unbranched alkanes of at least 4 members (excludes halogenated alkanes) is 47. The Balaban J connectivity index is 5.23. The SMILES string of the molecule is CCCCCCCCCCCCCCCCCCCC(=O)OC[C@H](COP(=O)(O)OC[C@@H](O)COP(=O)(O)OC[C@@H](COC(=O)CCCCCCCCC(C)CC)OC(=O)CCCCCCCCCCCCC(C)CC)OC(=O)CCCCCCCCCCCCCCCCCCCCC(C)CC. The summed E-state index contributed by atoms with van der Waals surface area (Å²) in [7, 11) is -9.93. The number of hydrogen-bond acceptors (Lipinski definition) is 15. The molecule has 0 aliphatic rings. The van der Waals surface area contributed by atoms with Gasteiger partial charge in [0.05, 0.1) is 26.4 Å². The van der Waals surface area contributed by atoms with Gasteiger partial charge in [-0.1, -0.05) is 389 Å². The number of phosphoric acid groups is 2. The highest BCUT2D eigenvalue weighted by Gasteiger charge is 2.30. The van der Waals surface area contributed by atoms with Crippen LogP contribution >= 0.6 is 15.6 Å². The van der Waals surface area contributed by atoms with Gasteiger partial charge in [-0.25, -0.2) is 9.13 Å². The van der Waals surface area contributed by atoms with E-state index in [1.54, 1.807) is 0 Å². The molecule has 103 heavy (non-hydrogen) atoms. The molecule has 3 N–H and O–H groups in total. The first-order valence-corrected chi connectivity index (χ1v) is 46.5. The fourth-order valence-electron chi connectivity index (χ4n) is 12.9. The summed E-state index contributed by atoms with van der Waals surface area (Å²) >= 11 is 0. The summed E-state index contributed by atoms with van der Waals surface area (Å²) in [5.41, 5.74) is 0.